The molecule has 0 saturated carbocycles. The first-order chi connectivity index (χ1) is 8.55. The lowest BCUT2D eigenvalue weighted by atomic mass is 9.95. The number of nitrogens with one attached hydrogen (secondary N) is 1. The van der Waals surface area contributed by atoms with E-state index in [4.69, 9.17) is 0 Å². The molecule has 0 saturated heterocycles. The number of nitrogens with zero attached hydrogens (tertiary/aromatic N) is 1. The lowest BCUT2D eigenvalue weighted by Crippen LogP contribution is -2.28. The maximum absolute atomic E-state index is 12.4. The molecule has 7 heteroatoms. The van der Waals surface area contributed by atoms with Crippen molar-refractivity contribution in [3.05, 3.63) is 23.4 Å². The van der Waals surface area contributed by atoms with Crippen molar-refractivity contribution in [2.75, 3.05) is 5.32 Å². The van der Waals surface area contributed by atoms with Crippen LogP contribution in [0.25, 0.3) is 0 Å². The van der Waals surface area contributed by atoms with E-state index in [0.717, 1.165) is 0 Å². The fraction of sp³-hybridized carbons (Fsp3) is 0.417. The number of alkyl halides is 3. The van der Waals surface area contributed by atoms with Crippen LogP contribution in [0.5, 0.6) is 0 Å². The van der Waals surface area contributed by atoms with Gasteiger partial charge in [0.05, 0.1) is 11.1 Å². The van der Waals surface area contributed by atoms with E-state index >= 15 is 0 Å². The molecule has 1 aromatic heterocycles. The number of pyridine rings is 1. The molecule has 104 valence electrons. The Morgan fingerprint density at radius 2 is 1.89 bits per heavy atom. The molecule has 0 aliphatic rings. The maximum atomic E-state index is 12.4. The van der Waals surface area contributed by atoms with Gasteiger partial charge in [0.25, 0.3) is 0 Å². The molecule has 0 aliphatic heterocycles. The van der Waals surface area contributed by atoms with Gasteiger partial charge in [-0.15, -0.1) is 0 Å². The Balaban J connectivity index is 3.11. The van der Waals surface area contributed by atoms with E-state index < -0.39 is 23.1 Å². The van der Waals surface area contributed by atoms with E-state index in [9.17, 15) is 22.8 Å². The molecule has 4 nitrogen and oxygen atoms in total. The second-order valence-electron chi connectivity index (χ2n) is 4.98. The smallest absolute Gasteiger partial charge is 0.310 e. The summed E-state index contributed by atoms with van der Waals surface area (Å²) in [5.41, 5.74) is -2.10. The van der Waals surface area contributed by atoms with E-state index in [-0.39, 0.29) is 17.7 Å². The molecule has 1 N–H and O–H groups in total. The highest BCUT2D eigenvalue weighted by Crippen LogP contribution is 2.30. The van der Waals surface area contributed by atoms with Crippen molar-refractivity contribution in [2.45, 2.75) is 26.9 Å². The molecular weight excluding hydrogens is 261 g/mol. The Morgan fingerprint density at radius 1 is 1.32 bits per heavy atom. The van der Waals surface area contributed by atoms with Crippen molar-refractivity contribution in [1.82, 2.24) is 4.98 Å². The predicted octanol–water partition coefficient (Wildman–Crippen LogP) is 2.90. The Morgan fingerprint density at radius 3 is 2.32 bits per heavy atom. The molecule has 0 bridgehead atoms. The highest BCUT2D eigenvalue weighted by Gasteiger charge is 2.32. The molecule has 1 amide bonds. The fourth-order valence-corrected chi connectivity index (χ4v) is 1.13. The maximum Gasteiger partial charge on any atom is 0.417 e. The van der Waals surface area contributed by atoms with E-state index in [2.05, 4.69) is 10.3 Å². The highest BCUT2D eigenvalue weighted by molar-refractivity contribution is 5.97. The molecule has 0 aromatic carbocycles. The van der Waals surface area contributed by atoms with Crippen molar-refractivity contribution >= 4 is 18.0 Å². The summed E-state index contributed by atoms with van der Waals surface area (Å²) in [6, 6.07) is 0.651. The standard InChI is InChI=1S/C12H13F3N2O2/c1-11(2,3)10(19)17-9-7(6-18)4-8(5-16-9)12(13,14)15/h4-6H,1-3H3,(H,16,17,19). The summed E-state index contributed by atoms with van der Waals surface area (Å²) >= 11 is 0. The topological polar surface area (TPSA) is 59.1 Å². The summed E-state index contributed by atoms with van der Waals surface area (Å²) in [4.78, 5) is 26.0. The number of rotatable bonds is 2. The lowest BCUT2D eigenvalue weighted by molar-refractivity contribution is -0.137. The van der Waals surface area contributed by atoms with Crippen molar-refractivity contribution in [2.24, 2.45) is 5.41 Å². The van der Waals surface area contributed by atoms with Gasteiger partial charge in [-0.05, 0) is 6.07 Å². The number of hydrogen-bond acceptors (Lipinski definition) is 3. The van der Waals surface area contributed by atoms with Crippen LogP contribution in [0, 0.1) is 5.41 Å². The van der Waals surface area contributed by atoms with Crippen molar-refractivity contribution in [3.8, 4) is 0 Å². The normalized spacial score (nSPS) is 12.1. The minimum absolute atomic E-state index is 0.178. The minimum Gasteiger partial charge on any atom is -0.310 e. The van der Waals surface area contributed by atoms with Crippen LogP contribution in [-0.4, -0.2) is 17.2 Å². The van der Waals surface area contributed by atoms with Crippen LogP contribution in [0.15, 0.2) is 12.3 Å². The first-order valence-electron chi connectivity index (χ1n) is 5.39. The first-order valence-corrected chi connectivity index (χ1v) is 5.39. The second-order valence-corrected chi connectivity index (χ2v) is 4.98. The summed E-state index contributed by atoms with van der Waals surface area (Å²) in [6.45, 7) is 4.90. The molecule has 0 unspecified atom stereocenters. The summed E-state index contributed by atoms with van der Waals surface area (Å²) in [5.74, 6) is -0.620. The summed E-state index contributed by atoms with van der Waals surface area (Å²) in [6.07, 6.45) is -3.79. The van der Waals surface area contributed by atoms with Crippen molar-refractivity contribution in [1.29, 1.82) is 0 Å². The molecule has 1 aromatic rings. The molecule has 0 spiro atoms. The molecule has 0 aliphatic carbocycles. The highest BCUT2D eigenvalue weighted by atomic mass is 19.4. The zero-order valence-electron chi connectivity index (χ0n) is 10.6. The molecule has 1 heterocycles. The number of aromatic nitrogens is 1. The van der Waals surface area contributed by atoms with E-state index in [1.54, 1.807) is 20.8 Å². The number of amides is 1. The number of carbonyl (C=O) groups excluding carboxylic acids is 2. The largest absolute Gasteiger partial charge is 0.417 e. The summed E-state index contributed by atoms with van der Waals surface area (Å²) in [5, 5.41) is 2.33. The molecule has 0 fully saturated rings. The Labute approximate surface area is 108 Å². The van der Waals surface area contributed by atoms with Crippen LogP contribution in [0.3, 0.4) is 0 Å². The van der Waals surface area contributed by atoms with Gasteiger partial charge in [-0.2, -0.15) is 13.2 Å². The van der Waals surface area contributed by atoms with Gasteiger partial charge in [-0.3, -0.25) is 9.59 Å². The second kappa shape index (κ2) is 4.99. The van der Waals surface area contributed by atoms with Gasteiger partial charge in [0, 0.05) is 11.6 Å². The zero-order chi connectivity index (χ0) is 14.8. The monoisotopic (exact) mass is 274 g/mol. The third kappa shape index (κ3) is 3.77. The van der Waals surface area contributed by atoms with Gasteiger partial charge in [0.15, 0.2) is 6.29 Å². The van der Waals surface area contributed by atoms with Gasteiger partial charge in [0.1, 0.15) is 5.82 Å². The van der Waals surface area contributed by atoms with Crippen LogP contribution in [0.2, 0.25) is 0 Å². The van der Waals surface area contributed by atoms with E-state index in [0.29, 0.717) is 12.3 Å². The average Bonchev–Trinajstić information content (AvgIpc) is 2.26. The average molecular weight is 274 g/mol. The number of anilines is 1. The van der Waals surface area contributed by atoms with E-state index in [1.165, 1.54) is 0 Å². The molecule has 1 rings (SSSR count). The summed E-state index contributed by atoms with van der Waals surface area (Å²) in [7, 11) is 0. The van der Waals surface area contributed by atoms with E-state index in [1.807, 2.05) is 0 Å². The van der Waals surface area contributed by atoms with Gasteiger partial charge in [-0.1, -0.05) is 20.8 Å². The minimum atomic E-state index is -4.59. The fourth-order valence-electron chi connectivity index (χ4n) is 1.13. The molecule has 19 heavy (non-hydrogen) atoms. The molecule has 0 atom stereocenters. The van der Waals surface area contributed by atoms with Crippen LogP contribution in [0.4, 0.5) is 19.0 Å². The quantitative estimate of drug-likeness (QED) is 0.843. The van der Waals surface area contributed by atoms with Crippen LogP contribution >= 0.6 is 0 Å². The Hall–Kier alpha value is -1.92. The Kier molecular flexibility index (Phi) is 3.97. The van der Waals surface area contributed by atoms with Crippen molar-refractivity contribution < 1.29 is 22.8 Å². The lowest BCUT2D eigenvalue weighted by Gasteiger charge is -2.18. The number of aldehydes is 1. The summed E-state index contributed by atoms with van der Waals surface area (Å²) < 4.78 is 37.3. The van der Waals surface area contributed by atoms with Crippen molar-refractivity contribution in [3.63, 3.8) is 0 Å². The Bertz CT molecular complexity index is 505. The SMILES string of the molecule is CC(C)(C)C(=O)Nc1ncc(C(F)(F)F)cc1C=O. The van der Waals surface area contributed by atoms with Gasteiger partial charge >= 0.3 is 6.18 Å². The predicted molar refractivity (Wildman–Crippen MR) is 62.7 cm³/mol. The van der Waals surface area contributed by atoms with Crippen LogP contribution in [-0.2, 0) is 11.0 Å². The van der Waals surface area contributed by atoms with Crippen LogP contribution in [0.1, 0.15) is 36.7 Å². The molecule has 0 radical (unpaired) electrons. The third-order valence-corrected chi connectivity index (χ3v) is 2.28. The number of carbonyl (C=O) groups is 2. The first kappa shape index (κ1) is 15.1. The number of halogens is 3. The van der Waals surface area contributed by atoms with Gasteiger partial charge in [-0.25, -0.2) is 4.98 Å². The van der Waals surface area contributed by atoms with Gasteiger partial charge < -0.3 is 5.32 Å². The molecular formula is C12H13F3N2O2. The van der Waals surface area contributed by atoms with Gasteiger partial charge in [0.2, 0.25) is 5.91 Å². The third-order valence-electron chi connectivity index (χ3n) is 2.28. The van der Waals surface area contributed by atoms with Crippen LogP contribution < -0.4 is 5.32 Å². The zero-order valence-corrected chi connectivity index (χ0v) is 10.6. The number of hydrogen-bond donors (Lipinski definition) is 1.